The van der Waals surface area contributed by atoms with Crippen molar-refractivity contribution in [3.63, 3.8) is 0 Å². The molecule has 0 saturated heterocycles. The molecule has 26 heavy (non-hydrogen) atoms. The molecule has 0 aliphatic carbocycles. The number of imidazole rings is 1. The van der Waals surface area contributed by atoms with Crippen molar-refractivity contribution in [2.45, 2.75) is 25.8 Å². The number of hydrogen-bond acceptors (Lipinski definition) is 3. The fraction of sp³-hybridized carbons (Fsp3) is 0.250. The monoisotopic (exact) mass is 350 g/mol. The Balaban J connectivity index is 1.41. The highest BCUT2D eigenvalue weighted by Gasteiger charge is 2.13. The fourth-order valence-corrected chi connectivity index (χ4v) is 2.74. The van der Waals surface area contributed by atoms with Crippen molar-refractivity contribution in [2.75, 3.05) is 6.54 Å². The highest BCUT2D eigenvalue weighted by molar-refractivity contribution is 5.94. The third-order valence-electron chi connectivity index (χ3n) is 4.03. The molecule has 1 atom stereocenters. The number of nitrogens with one attached hydrogen (secondary N) is 3. The molecule has 3 aromatic rings. The minimum atomic E-state index is -0.242. The molecule has 1 aromatic heterocycles. The number of nitrogens with zero attached hydrogens (tertiary/aromatic N) is 1. The second kappa shape index (κ2) is 8.29. The van der Waals surface area contributed by atoms with E-state index in [1.165, 1.54) is 0 Å². The molecule has 134 valence electrons. The Bertz CT molecular complexity index is 856. The summed E-state index contributed by atoms with van der Waals surface area (Å²) in [5.74, 6) is 0.576. The van der Waals surface area contributed by atoms with Gasteiger partial charge in [-0.2, -0.15) is 0 Å². The van der Waals surface area contributed by atoms with Crippen molar-refractivity contribution in [3.05, 3.63) is 66.0 Å². The zero-order chi connectivity index (χ0) is 18.4. The summed E-state index contributed by atoms with van der Waals surface area (Å²) in [4.78, 5) is 31.8. The van der Waals surface area contributed by atoms with Crippen LogP contribution in [0.2, 0.25) is 0 Å². The lowest BCUT2D eigenvalue weighted by Gasteiger charge is -2.13. The van der Waals surface area contributed by atoms with Crippen molar-refractivity contribution in [1.29, 1.82) is 0 Å². The number of carbonyl (C=O) groups is 2. The first-order valence-electron chi connectivity index (χ1n) is 8.68. The number of aromatic amines is 1. The zero-order valence-corrected chi connectivity index (χ0v) is 14.7. The number of amides is 2. The Morgan fingerprint density at radius 2 is 1.81 bits per heavy atom. The molecular formula is C20H22N4O2. The summed E-state index contributed by atoms with van der Waals surface area (Å²) in [5.41, 5.74) is 2.50. The Labute approximate surface area is 152 Å². The number of H-pyrrole nitrogens is 1. The Morgan fingerprint density at radius 1 is 1.08 bits per heavy atom. The van der Waals surface area contributed by atoms with Gasteiger partial charge in [0, 0.05) is 31.0 Å². The number of hydrogen-bond donors (Lipinski definition) is 3. The molecule has 0 radical (unpaired) electrons. The lowest BCUT2D eigenvalue weighted by molar-refractivity contribution is -0.121. The van der Waals surface area contributed by atoms with Crippen LogP contribution in [-0.4, -0.2) is 34.4 Å². The van der Waals surface area contributed by atoms with E-state index in [1.54, 1.807) is 12.1 Å². The number of aromatic nitrogens is 2. The van der Waals surface area contributed by atoms with Crippen LogP contribution < -0.4 is 10.6 Å². The highest BCUT2D eigenvalue weighted by atomic mass is 16.2. The molecule has 0 spiro atoms. The predicted octanol–water partition coefficient (Wildman–Crippen LogP) is 2.43. The fourth-order valence-electron chi connectivity index (χ4n) is 2.74. The van der Waals surface area contributed by atoms with Crippen molar-refractivity contribution in [2.24, 2.45) is 0 Å². The molecule has 0 bridgehead atoms. The van der Waals surface area contributed by atoms with Crippen LogP contribution in [0, 0.1) is 0 Å². The zero-order valence-electron chi connectivity index (χ0n) is 14.7. The highest BCUT2D eigenvalue weighted by Crippen LogP contribution is 2.10. The normalized spacial score (nSPS) is 11.9. The number of carbonyl (C=O) groups excluding carboxylic acids is 2. The van der Waals surface area contributed by atoms with E-state index >= 15 is 0 Å². The molecule has 0 aliphatic rings. The van der Waals surface area contributed by atoms with Gasteiger partial charge in [-0.05, 0) is 31.2 Å². The largest absolute Gasteiger partial charge is 0.356 e. The number of rotatable bonds is 7. The average Bonchev–Trinajstić information content (AvgIpc) is 3.05. The summed E-state index contributed by atoms with van der Waals surface area (Å²) in [7, 11) is 0. The first-order valence-corrected chi connectivity index (χ1v) is 8.68. The van der Waals surface area contributed by atoms with Crippen LogP contribution in [0.5, 0.6) is 0 Å². The maximum atomic E-state index is 12.1. The quantitative estimate of drug-likeness (QED) is 0.612. The minimum Gasteiger partial charge on any atom is -0.356 e. The average molecular weight is 350 g/mol. The summed E-state index contributed by atoms with van der Waals surface area (Å²) in [6, 6.07) is 16.5. The molecule has 6 heteroatoms. The third-order valence-corrected chi connectivity index (χ3v) is 4.03. The van der Waals surface area contributed by atoms with Gasteiger partial charge in [0.15, 0.2) is 0 Å². The standard InChI is InChI=1S/C20H22N4O2/c1-14(22-20(26)15-7-3-2-4-8-15)13-19(25)21-12-11-18-23-16-9-5-6-10-17(16)24-18/h2-10,14H,11-13H2,1H3,(H,21,25)(H,22,26)(H,23,24). The van der Waals surface area contributed by atoms with Crippen LogP contribution in [0.4, 0.5) is 0 Å². The van der Waals surface area contributed by atoms with Gasteiger partial charge in [0.2, 0.25) is 5.91 Å². The first kappa shape index (κ1) is 17.7. The molecule has 0 saturated carbocycles. The van der Waals surface area contributed by atoms with Crippen LogP contribution in [0.15, 0.2) is 54.6 Å². The molecule has 0 aliphatic heterocycles. The van der Waals surface area contributed by atoms with Gasteiger partial charge in [-0.25, -0.2) is 4.98 Å². The molecular weight excluding hydrogens is 328 g/mol. The molecule has 3 rings (SSSR count). The van der Waals surface area contributed by atoms with Crippen molar-refractivity contribution in [1.82, 2.24) is 20.6 Å². The van der Waals surface area contributed by atoms with Crippen LogP contribution in [0.25, 0.3) is 11.0 Å². The topological polar surface area (TPSA) is 86.9 Å². The molecule has 1 unspecified atom stereocenters. The van der Waals surface area contributed by atoms with Gasteiger partial charge in [-0.3, -0.25) is 9.59 Å². The SMILES string of the molecule is CC(CC(=O)NCCc1nc2ccccc2[nH]1)NC(=O)c1ccccc1. The van der Waals surface area contributed by atoms with Gasteiger partial charge in [-0.15, -0.1) is 0 Å². The second-order valence-corrected chi connectivity index (χ2v) is 6.25. The van der Waals surface area contributed by atoms with E-state index in [2.05, 4.69) is 20.6 Å². The Morgan fingerprint density at radius 3 is 2.58 bits per heavy atom. The second-order valence-electron chi connectivity index (χ2n) is 6.25. The van der Waals surface area contributed by atoms with E-state index in [4.69, 9.17) is 0 Å². The molecule has 3 N–H and O–H groups in total. The van der Waals surface area contributed by atoms with Gasteiger partial charge >= 0.3 is 0 Å². The first-order chi connectivity index (χ1) is 12.6. The van der Waals surface area contributed by atoms with E-state index in [-0.39, 0.29) is 24.3 Å². The van der Waals surface area contributed by atoms with Crippen LogP contribution in [0.1, 0.15) is 29.5 Å². The third kappa shape index (κ3) is 4.69. The smallest absolute Gasteiger partial charge is 0.251 e. The lowest BCUT2D eigenvalue weighted by atomic mass is 10.1. The van der Waals surface area contributed by atoms with Crippen LogP contribution >= 0.6 is 0 Å². The Hall–Kier alpha value is -3.15. The van der Waals surface area contributed by atoms with Gasteiger partial charge in [0.25, 0.3) is 5.91 Å². The molecule has 2 amide bonds. The van der Waals surface area contributed by atoms with Gasteiger partial charge in [0.1, 0.15) is 5.82 Å². The predicted molar refractivity (Wildman–Crippen MR) is 101 cm³/mol. The summed E-state index contributed by atoms with van der Waals surface area (Å²) >= 11 is 0. The van der Waals surface area contributed by atoms with Crippen molar-refractivity contribution in [3.8, 4) is 0 Å². The summed E-state index contributed by atoms with van der Waals surface area (Å²) in [6.45, 7) is 2.32. The maximum absolute atomic E-state index is 12.1. The van der Waals surface area contributed by atoms with Gasteiger partial charge in [-0.1, -0.05) is 30.3 Å². The Kier molecular flexibility index (Phi) is 5.63. The van der Waals surface area contributed by atoms with Gasteiger partial charge < -0.3 is 15.6 Å². The van der Waals surface area contributed by atoms with Gasteiger partial charge in [0.05, 0.1) is 11.0 Å². The van der Waals surface area contributed by atoms with E-state index in [9.17, 15) is 9.59 Å². The number of para-hydroxylation sites is 2. The number of benzene rings is 2. The lowest BCUT2D eigenvalue weighted by Crippen LogP contribution is -2.37. The maximum Gasteiger partial charge on any atom is 0.251 e. The summed E-state index contributed by atoms with van der Waals surface area (Å²) in [5, 5.41) is 5.70. The summed E-state index contributed by atoms with van der Waals surface area (Å²) in [6.07, 6.45) is 0.865. The van der Waals surface area contributed by atoms with Crippen LogP contribution in [-0.2, 0) is 11.2 Å². The summed E-state index contributed by atoms with van der Waals surface area (Å²) < 4.78 is 0. The molecule has 2 aromatic carbocycles. The van der Waals surface area contributed by atoms with E-state index < -0.39 is 0 Å². The van der Waals surface area contributed by atoms with Crippen molar-refractivity contribution < 1.29 is 9.59 Å². The van der Waals surface area contributed by atoms with Crippen molar-refractivity contribution >= 4 is 22.8 Å². The molecule has 0 fully saturated rings. The molecule has 6 nitrogen and oxygen atoms in total. The van der Waals surface area contributed by atoms with E-state index in [0.29, 0.717) is 18.5 Å². The van der Waals surface area contributed by atoms with Crippen LogP contribution in [0.3, 0.4) is 0 Å². The minimum absolute atomic E-state index is 0.0954. The van der Waals surface area contributed by atoms with E-state index in [0.717, 1.165) is 16.9 Å². The molecule has 1 heterocycles. The van der Waals surface area contributed by atoms with E-state index in [1.807, 2.05) is 49.4 Å². The number of fused-ring (bicyclic) bond motifs is 1.